The zero-order valence-corrected chi connectivity index (χ0v) is 11.7. The van der Waals surface area contributed by atoms with E-state index in [0.29, 0.717) is 44.0 Å². The number of aliphatic hydroxyl groups is 1. The van der Waals surface area contributed by atoms with Crippen molar-refractivity contribution in [1.29, 1.82) is 0 Å². The molecule has 1 aromatic rings. The number of carbonyl (C=O) groups excluding carboxylic acids is 1. The fourth-order valence-electron chi connectivity index (χ4n) is 2.33. The van der Waals surface area contributed by atoms with Gasteiger partial charge in [0.25, 0.3) is 5.91 Å². The largest absolute Gasteiger partial charge is 0.493 e. The Balaban J connectivity index is 2.14. The molecule has 1 aromatic carbocycles. The normalized spacial score (nSPS) is 17.5. The molecule has 0 radical (unpaired) electrons. The molecule has 0 aliphatic carbocycles. The fourth-order valence-corrected chi connectivity index (χ4v) is 2.33. The average molecular weight is 279 g/mol. The molecule has 110 valence electrons. The summed E-state index contributed by atoms with van der Waals surface area (Å²) < 4.78 is 10.8. The van der Waals surface area contributed by atoms with Crippen LogP contribution in [0.25, 0.3) is 0 Å². The minimum Gasteiger partial charge on any atom is -0.493 e. The van der Waals surface area contributed by atoms with Crippen molar-refractivity contribution in [3.05, 3.63) is 29.8 Å². The molecule has 1 aliphatic rings. The Morgan fingerprint density at radius 1 is 1.40 bits per heavy atom. The summed E-state index contributed by atoms with van der Waals surface area (Å²) in [4.78, 5) is 12.4. The van der Waals surface area contributed by atoms with Crippen LogP contribution in [0.15, 0.2) is 24.3 Å². The van der Waals surface area contributed by atoms with Gasteiger partial charge in [0.05, 0.1) is 24.3 Å². The number of aliphatic hydroxyl groups excluding tert-OH is 1. The van der Waals surface area contributed by atoms with Crippen LogP contribution in [-0.2, 0) is 4.74 Å². The summed E-state index contributed by atoms with van der Waals surface area (Å²) in [7, 11) is 0. The van der Waals surface area contributed by atoms with Gasteiger partial charge in [0.15, 0.2) is 0 Å². The van der Waals surface area contributed by atoms with E-state index in [1.807, 2.05) is 13.0 Å². The topological polar surface area (TPSA) is 67.8 Å². The van der Waals surface area contributed by atoms with Crippen LogP contribution in [0, 0.1) is 0 Å². The Morgan fingerprint density at radius 3 is 2.75 bits per heavy atom. The Hall–Kier alpha value is -1.59. The summed E-state index contributed by atoms with van der Waals surface area (Å²) >= 11 is 0. The van der Waals surface area contributed by atoms with Gasteiger partial charge in [-0.05, 0) is 31.9 Å². The smallest absolute Gasteiger partial charge is 0.255 e. The Bertz CT molecular complexity index is 455. The van der Waals surface area contributed by atoms with Crippen LogP contribution in [-0.4, -0.2) is 43.0 Å². The van der Waals surface area contributed by atoms with Gasteiger partial charge in [-0.25, -0.2) is 0 Å². The maximum absolute atomic E-state index is 12.4. The summed E-state index contributed by atoms with van der Waals surface area (Å²) in [6.07, 6.45) is 1.23. The third kappa shape index (κ3) is 3.29. The summed E-state index contributed by atoms with van der Waals surface area (Å²) in [5.41, 5.74) is -0.0945. The van der Waals surface area contributed by atoms with Crippen molar-refractivity contribution >= 4 is 5.91 Å². The number of carbonyl (C=O) groups is 1. The molecule has 1 aliphatic heterocycles. The molecule has 0 spiro atoms. The molecule has 0 aromatic heterocycles. The van der Waals surface area contributed by atoms with Gasteiger partial charge in [-0.1, -0.05) is 12.1 Å². The monoisotopic (exact) mass is 279 g/mol. The molecule has 0 atom stereocenters. The van der Waals surface area contributed by atoms with Crippen molar-refractivity contribution in [2.75, 3.05) is 26.4 Å². The van der Waals surface area contributed by atoms with Crippen LogP contribution in [0.4, 0.5) is 0 Å². The first kappa shape index (κ1) is 14.8. The highest BCUT2D eigenvalue weighted by atomic mass is 16.5. The van der Waals surface area contributed by atoms with E-state index < -0.39 is 5.54 Å². The van der Waals surface area contributed by atoms with Crippen molar-refractivity contribution in [3.63, 3.8) is 0 Å². The van der Waals surface area contributed by atoms with Crippen molar-refractivity contribution in [1.82, 2.24) is 5.32 Å². The Kier molecular flexibility index (Phi) is 4.98. The summed E-state index contributed by atoms with van der Waals surface area (Å²) in [6, 6.07) is 7.13. The molecule has 0 unspecified atom stereocenters. The number of rotatable bonds is 5. The highest BCUT2D eigenvalue weighted by molar-refractivity contribution is 5.97. The molecule has 5 nitrogen and oxygen atoms in total. The molecule has 1 heterocycles. The van der Waals surface area contributed by atoms with E-state index in [4.69, 9.17) is 9.47 Å². The van der Waals surface area contributed by atoms with Crippen molar-refractivity contribution < 1.29 is 19.4 Å². The fraction of sp³-hybridized carbons (Fsp3) is 0.533. The van der Waals surface area contributed by atoms with E-state index in [0.717, 1.165) is 0 Å². The van der Waals surface area contributed by atoms with E-state index in [1.54, 1.807) is 18.2 Å². The quantitative estimate of drug-likeness (QED) is 0.854. The minimum atomic E-state index is -0.589. The van der Waals surface area contributed by atoms with Crippen molar-refractivity contribution in [3.8, 4) is 5.75 Å². The lowest BCUT2D eigenvalue weighted by Crippen LogP contribution is -2.54. The second-order valence-corrected chi connectivity index (χ2v) is 4.93. The van der Waals surface area contributed by atoms with E-state index in [-0.39, 0.29) is 12.5 Å². The predicted molar refractivity (Wildman–Crippen MR) is 74.9 cm³/mol. The second kappa shape index (κ2) is 6.72. The van der Waals surface area contributed by atoms with Crippen LogP contribution in [0.1, 0.15) is 30.1 Å². The lowest BCUT2D eigenvalue weighted by atomic mass is 9.90. The van der Waals surface area contributed by atoms with Gasteiger partial charge in [0.2, 0.25) is 0 Å². The number of nitrogens with one attached hydrogen (secondary N) is 1. The van der Waals surface area contributed by atoms with Crippen LogP contribution in [0.3, 0.4) is 0 Å². The average Bonchev–Trinajstić information content (AvgIpc) is 2.49. The Labute approximate surface area is 118 Å². The minimum absolute atomic E-state index is 0.0844. The zero-order valence-electron chi connectivity index (χ0n) is 11.7. The number of hydrogen-bond donors (Lipinski definition) is 2. The molecule has 5 heteroatoms. The first-order valence-electron chi connectivity index (χ1n) is 6.94. The third-order valence-corrected chi connectivity index (χ3v) is 3.56. The van der Waals surface area contributed by atoms with E-state index >= 15 is 0 Å². The molecule has 1 fully saturated rings. The first-order valence-corrected chi connectivity index (χ1v) is 6.94. The molecule has 2 rings (SSSR count). The second-order valence-electron chi connectivity index (χ2n) is 4.93. The third-order valence-electron chi connectivity index (χ3n) is 3.56. The van der Waals surface area contributed by atoms with E-state index in [1.165, 1.54) is 0 Å². The number of amides is 1. The van der Waals surface area contributed by atoms with Gasteiger partial charge in [-0.3, -0.25) is 4.79 Å². The molecule has 0 saturated carbocycles. The van der Waals surface area contributed by atoms with Crippen molar-refractivity contribution in [2.45, 2.75) is 25.3 Å². The number of para-hydroxylation sites is 1. The molecule has 20 heavy (non-hydrogen) atoms. The lowest BCUT2D eigenvalue weighted by molar-refractivity contribution is 0.0125. The molecule has 0 bridgehead atoms. The van der Waals surface area contributed by atoms with Gasteiger partial charge >= 0.3 is 0 Å². The molecule has 1 saturated heterocycles. The standard InChI is InChI=1S/C15H21NO4/c1-2-20-13-6-4-3-5-12(13)14(18)16-15(11-17)7-9-19-10-8-15/h3-6,17H,2,7-11H2,1H3,(H,16,18). The molecule has 1 amide bonds. The van der Waals surface area contributed by atoms with Crippen LogP contribution < -0.4 is 10.1 Å². The first-order chi connectivity index (χ1) is 9.71. The summed E-state index contributed by atoms with van der Waals surface area (Å²) in [5.74, 6) is 0.345. The van der Waals surface area contributed by atoms with Crippen LogP contribution in [0.5, 0.6) is 5.75 Å². The zero-order chi connectivity index (χ0) is 14.4. The maximum Gasteiger partial charge on any atom is 0.255 e. The molecular weight excluding hydrogens is 258 g/mol. The van der Waals surface area contributed by atoms with E-state index in [2.05, 4.69) is 5.32 Å². The Morgan fingerprint density at radius 2 is 2.10 bits per heavy atom. The maximum atomic E-state index is 12.4. The molecular formula is C15H21NO4. The summed E-state index contributed by atoms with van der Waals surface area (Å²) in [5, 5.41) is 12.6. The highest BCUT2D eigenvalue weighted by Crippen LogP contribution is 2.23. The number of hydrogen-bond acceptors (Lipinski definition) is 4. The number of ether oxygens (including phenoxy) is 2. The van der Waals surface area contributed by atoms with Gasteiger partial charge < -0.3 is 19.9 Å². The number of benzene rings is 1. The SMILES string of the molecule is CCOc1ccccc1C(=O)NC1(CO)CCOCC1. The van der Waals surface area contributed by atoms with Gasteiger partial charge in [-0.15, -0.1) is 0 Å². The highest BCUT2D eigenvalue weighted by Gasteiger charge is 2.34. The lowest BCUT2D eigenvalue weighted by Gasteiger charge is -2.36. The molecule has 2 N–H and O–H groups in total. The van der Waals surface area contributed by atoms with Crippen LogP contribution in [0.2, 0.25) is 0 Å². The van der Waals surface area contributed by atoms with Crippen molar-refractivity contribution in [2.24, 2.45) is 0 Å². The van der Waals surface area contributed by atoms with Gasteiger partial charge in [0, 0.05) is 13.2 Å². The van der Waals surface area contributed by atoms with Gasteiger partial charge in [-0.2, -0.15) is 0 Å². The van der Waals surface area contributed by atoms with E-state index in [9.17, 15) is 9.90 Å². The van der Waals surface area contributed by atoms with Crippen LogP contribution >= 0.6 is 0 Å². The van der Waals surface area contributed by atoms with Gasteiger partial charge in [0.1, 0.15) is 5.75 Å². The predicted octanol–water partition coefficient (Wildman–Crippen LogP) is 1.36. The summed E-state index contributed by atoms with van der Waals surface area (Å²) in [6.45, 7) is 3.40.